The average molecular weight is 516 g/mol. The molecule has 1 aliphatic heterocycles. The normalized spacial score (nSPS) is 16.6. The maximum absolute atomic E-state index is 13.5. The first kappa shape index (κ1) is 24.7. The number of imidazole rings is 1. The van der Waals surface area contributed by atoms with Crippen LogP contribution in [0.15, 0.2) is 66.2 Å². The van der Waals surface area contributed by atoms with E-state index in [0.29, 0.717) is 33.8 Å². The molecule has 10 nitrogen and oxygen atoms in total. The molecule has 2 heterocycles. The van der Waals surface area contributed by atoms with E-state index in [4.69, 9.17) is 18.9 Å². The minimum atomic E-state index is -1.01. The third-order valence-electron chi connectivity index (χ3n) is 6.42. The van der Waals surface area contributed by atoms with Crippen molar-refractivity contribution in [1.82, 2.24) is 9.97 Å². The molecule has 0 saturated carbocycles. The van der Waals surface area contributed by atoms with Gasteiger partial charge in [0.2, 0.25) is 5.95 Å². The third-order valence-corrected chi connectivity index (χ3v) is 6.42. The lowest BCUT2D eigenvalue weighted by atomic mass is 9.95. The Bertz CT molecular complexity index is 1590. The maximum Gasteiger partial charge on any atom is 0.302 e. The highest BCUT2D eigenvalue weighted by Crippen LogP contribution is 2.44. The number of ketones is 1. The number of aromatic nitrogens is 2. The number of nitrogens with one attached hydrogen (secondary N) is 1. The fourth-order valence-electron chi connectivity index (χ4n) is 4.53. The SMILES string of the molecule is COc1cccc(C2/C(=C(\O)c3ccc(OC)cc3OC)C(=O)C(=O)N2c2nc3ccc(OC)cc3[nH]2)c1. The van der Waals surface area contributed by atoms with E-state index in [-0.39, 0.29) is 22.8 Å². The largest absolute Gasteiger partial charge is 0.507 e. The van der Waals surface area contributed by atoms with Gasteiger partial charge in [-0.2, -0.15) is 0 Å². The summed E-state index contributed by atoms with van der Waals surface area (Å²) in [5.74, 6) is -0.0756. The van der Waals surface area contributed by atoms with E-state index >= 15 is 0 Å². The smallest absolute Gasteiger partial charge is 0.302 e. The highest BCUT2D eigenvalue weighted by atomic mass is 16.5. The zero-order chi connectivity index (χ0) is 27.0. The van der Waals surface area contributed by atoms with Crippen molar-refractivity contribution >= 4 is 34.4 Å². The van der Waals surface area contributed by atoms with Crippen LogP contribution in [0.2, 0.25) is 0 Å². The van der Waals surface area contributed by atoms with Crippen molar-refractivity contribution in [3.63, 3.8) is 0 Å². The summed E-state index contributed by atoms with van der Waals surface area (Å²) in [7, 11) is 6.01. The molecule has 0 radical (unpaired) electrons. The van der Waals surface area contributed by atoms with Crippen LogP contribution in [0, 0.1) is 0 Å². The molecule has 4 aromatic rings. The standard InChI is InChI=1S/C28H25N3O7/c1-35-16-7-5-6-15(12-16)24-23(25(32)19-10-8-18(37-3)14-22(19)38-4)26(33)27(34)31(24)28-29-20-11-9-17(36-2)13-21(20)30-28/h5-14,24,32H,1-4H3,(H,29,30)/b25-23+. The number of Topliss-reactive ketones (excluding diaryl/α,β-unsaturated/α-hetero) is 1. The first-order chi connectivity index (χ1) is 18.4. The van der Waals surface area contributed by atoms with E-state index in [1.165, 1.54) is 26.2 Å². The molecule has 1 fully saturated rings. The van der Waals surface area contributed by atoms with Gasteiger partial charge in [-0.15, -0.1) is 0 Å². The highest BCUT2D eigenvalue weighted by molar-refractivity contribution is 6.51. The van der Waals surface area contributed by atoms with Crippen LogP contribution in [-0.2, 0) is 9.59 Å². The van der Waals surface area contributed by atoms with Crippen LogP contribution in [0.3, 0.4) is 0 Å². The van der Waals surface area contributed by atoms with Crippen LogP contribution in [0.25, 0.3) is 16.8 Å². The Morgan fingerprint density at radius 2 is 1.55 bits per heavy atom. The van der Waals surface area contributed by atoms with Gasteiger partial charge < -0.3 is 29.0 Å². The lowest BCUT2D eigenvalue weighted by Gasteiger charge is -2.23. The first-order valence-corrected chi connectivity index (χ1v) is 11.6. The van der Waals surface area contributed by atoms with Gasteiger partial charge in [0.05, 0.1) is 56.7 Å². The number of methoxy groups -OCH3 is 4. The lowest BCUT2D eigenvalue weighted by molar-refractivity contribution is -0.132. The van der Waals surface area contributed by atoms with Crippen molar-refractivity contribution in [3.8, 4) is 23.0 Å². The van der Waals surface area contributed by atoms with Crippen molar-refractivity contribution in [3.05, 3.63) is 77.4 Å². The summed E-state index contributed by atoms with van der Waals surface area (Å²) in [5.41, 5.74) is 1.83. The number of rotatable bonds is 7. The fraction of sp³-hybridized carbons (Fsp3) is 0.179. The monoisotopic (exact) mass is 515 g/mol. The Labute approximate surface area is 218 Å². The average Bonchev–Trinajstić information content (AvgIpc) is 3.49. The molecular formula is C28H25N3O7. The summed E-state index contributed by atoms with van der Waals surface area (Å²) in [5, 5.41) is 11.5. The number of aromatic amines is 1. The number of aliphatic hydroxyl groups excluding tert-OH is 1. The first-order valence-electron chi connectivity index (χ1n) is 11.6. The van der Waals surface area contributed by atoms with Gasteiger partial charge in [0.15, 0.2) is 0 Å². The topological polar surface area (TPSA) is 123 Å². The van der Waals surface area contributed by atoms with Crippen LogP contribution in [0.4, 0.5) is 5.95 Å². The van der Waals surface area contributed by atoms with Gasteiger partial charge in [-0.25, -0.2) is 4.98 Å². The van der Waals surface area contributed by atoms with Gasteiger partial charge >= 0.3 is 5.91 Å². The van der Waals surface area contributed by atoms with E-state index in [1.54, 1.807) is 67.8 Å². The van der Waals surface area contributed by atoms with Gasteiger partial charge in [-0.05, 0) is 42.0 Å². The highest BCUT2D eigenvalue weighted by Gasteiger charge is 2.48. The van der Waals surface area contributed by atoms with E-state index < -0.39 is 23.5 Å². The number of carbonyl (C=O) groups excluding carboxylic acids is 2. The second-order valence-corrected chi connectivity index (χ2v) is 8.46. The summed E-state index contributed by atoms with van der Waals surface area (Å²) < 4.78 is 21.4. The number of benzene rings is 3. The Morgan fingerprint density at radius 3 is 2.26 bits per heavy atom. The van der Waals surface area contributed by atoms with Crippen LogP contribution < -0.4 is 23.8 Å². The zero-order valence-corrected chi connectivity index (χ0v) is 21.1. The summed E-state index contributed by atoms with van der Waals surface area (Å²) in [4.78, 5) is 35.9. The van der Waals surface area contributed by atoms with Crippen LogP contribution in [0.5, 0.6) is 23.0 Å². The molecule has 2 N–H and O–H groups in total. The number of carbonyl (C=O) groups is 2. The molecule has 1 unspecified atom stereocenters. The molecule has 1 atom stereocenters. The number of amides is 1. The zero-order valence-electron chi connectivity index (χ0n) is 21.1. The van der Waals surface area contributed by atoms with Crippen LogP contribution in [0.1, 0.15) is 17.2 Å². The Hall–Kier alpha value is -4.99. The number of hydrogen-bond donors (Lipinski definition) is 2. The molecule has 38 heavy (non-hydrogen) atoms. The third kappa shape index (κ3) is 4.05. The number of aliphatic hydroxyl groups is 1. The molecule has 10 heteroatoms. The fourth-order valence-corrected chi connectivity index (χ4v) is 4.53. The number of hydrogen-bond acceptors (Lipinski definition) is 8. The number of H-pyrrole nitrogens is 1. The predicted octanol–water partition coefficient (Wildman–Crippen LogP) is 4.22. The molecule has 1 aromatic heterocycles. The Balaban J connectivity index is 1.74. The van der Waals surface area contributed by atoms with Crippen LogP contribution in [-0.4, -0.2) is 55.2 Å². The Kier molecular flexibility index (Phi) is 6.38. The molecule has 0 aliphatic carbocycles. The molecule has 0 spiro atoms. The molecule has 5 rings (SSSR count). The minimum absolute atomic E-state index is 0.121. The second kappa shape index (κ2) is 9.81. The summed E-state index contributed by atoms with van der Waals surface area (Å²) in [6.45, 7) is 0. The number of nitrogens with zero attached hydrogens (tertiary/aromatic N) is 2. The van der Waals surface area contributed by atoms with E-state index in [9.17, 15) is 14.7 Å². The summed E-state index contributed by atoms with van der Waals surface area (Å²) in [6, 6.07) is 15.9. The molecule has 1 amide bonds. The van der Waals surface area contributed by atoms with Gasteiger partial charge in [0.1, 0.15) is 28.8 Å². The predicted molar refractivity (Wildman–Crippen MR) is 140 cm³/mol. The van der Waals surface area contributed by atoms with Crippen molar-refractivity contribution in [1.29, 1.82) is 0 Å². The lowest BCUT2D eigenvalue weighted by Crippen LogP contribution is -2.30. The van der Waals surface area contributed by atoms with Gasteiger partial charge in [0.25, 0.3) is 5.78 Å². The van der Waals surface area contributed by atoms with E-state index in [2.05, 4.69) is 9.97 Å². The molecule has 1 saturated heterocycles. The van der Waals surface area contributed by atoms with Gasteiger partial charge in [0, 0.05) is 12.1 Å². The Morgan fingerprint density at radius 1 is 0.868 bits per heavy atom. The maximum atomic E-state index is 13.5. The van der Waals surface area contributed by atoms with Crippen LogP contribution >= 0.6 is 0 Å². The van der Waals surface area contributed by atoms with Gasteiger partial charge in [-0.1, -0.05) is 12.1 Å². The van der Waals surface area contributed by atoms with Crippen molar-refractivity contribution < 1.29 is 33.6 Å². The van der Waals surface area contributed by atoms with Crippen molar-refractivity contribution in [2.24, 2.45) is 0 Å². The van der Waals surface area contributed by atoms with Crippen molar-refractivity contribution in [2.75, 3.05) is 33.3 Å². The van der Waals surface area contributed by atoms with Gasteiger partial charge in [-0.3, -0.25) is 14.5 Å². The van der Waals surface area contributed by atoms with E-state index in [1.807, 2.05) is 0 Å². The molecule has 0 bridgehead atoms. The molecule has 3 aromatic carbocycles. The number of anilines is 1. The molecular weight excluding hydrogens is 490 g/mol. The quantitative estimate of drug-likeness (QED) is 0.213. The molecule has 194 valence electrons. The summed E-state index contributed by atoms with van der Waals surface area (Å²) in [6.07, 6.45) is 0. The number of fused-ring (bicyclic) bond motifs is 1. The van der Waals surface area contributed by atoms with E-state index in [0.717, 1.165) is 0 Å². The summed E-state index contributed by atoms with van der Waals surface area (Å²) >= 11 is 0. The molecule has 1 aliphatic rings. The second-order valence-electron chi connectivity index (χ2n) is 8.46. The number of ether oxygens (including phenoxy) is 4. The minimum Gasteiger partial charge on any atom is -0.507 e. The van der Waals surface area contributed by atoms with Crippen molar-refractivity contribution in [2.45, 2.75) is 6.04 Å².